The fourth-order valence-electron chi connectivity index (χ4n) is 1.97. The minimum Gasteiger partial charge on any atom is -0.480 e. The van der Waals surface area contributed by atoms with E-state index in [1.54, 1.807) is 6.92 Å². The highest BCUT2D eigenvalue weighted by atomic mass is 16.4. The maximum atomic E-state index is 11.6. The number of hydrogen-bond donors (Lipinski definition) is 2. The van der Waals surface area contributed by atoms with E-state index in [0.29, 0.717) is 12.5 Å². The Morgan fingerprint density at radius 1 is 1.28 bits per heavy atom. The molecule has 0 heterocycles. The highest BCUT2D eigenvalue weighted by molar-refractivity contribution is 5.80. The molecule has 0 bridgehead atoms. The average Bonchev–Trinajstić information content (AvgIpc) is 2.24. The van der Waals surface area contributed by atoms with Gasteiger partial charge in [0.15, 0.2) is 0 Å². The lowest BCUT2D eigenvalue weighted by molar-refractivity contribution is -0.144. The van der Waals surface area contributed by atoms with E-state index in [1.807, 2.05) is 32.0 Å². The fourth-order valence-corrected chi connectivity index (χ4v) is 1.97. The number of hydrogen-bond acceptors (Lipinski definition) is 2. The quantitative estimate of drug-likeness (QED) is 0.843. The third-order valence-corrected chi connectivity index (χ3v) is 3.09. The van der Waals surface area contributed by atoms with Crippen molar-refractivity contribution in [1.82, 2.24) is 5.32 Å². The lowest BCUT2D eigenvalue weighted by Crippen LogP contribution is -2.48. The van der Waals surface area contributed by atoms with E-state index in [4.69, 9.17) is 0 Å². The van der Waals surface area contributed by atoms with E-state index in [1.165, 1.54) is 0 Å². The highest BCUT2D eigenvalue weighted by Gasteiger charge is 2.34. The number of benzene rings is 1. The van der Waals surface area contributed by atoms with Gasteiger partial charge in [-0.05, 0) is 38.8 Å². The van der Waals surface area contributed by atoms with E-state index in [9.17, 15) is 9.90 Å². The average molecular weight is 249 g/mol. The van der Waals surface area contributed by atoms with Crippen LogP contribution in [-0.4, -0.2) is 17.6 Å². The van der Waals surface area contributed by atoms with Gasteiger partial charge in [0.2, 0.25) is 0 Å². The van der Waals surface area contributed by atoms with Crippen molar-refractivity contribution in [2.24, 2.45) is 5.92 Å². The summed E-state index contributed by atoms with van der Waals surface area (Å²) in [5.41, 5.74) is 1.96. The second-order valence-electron chi connectivity index (χ2n) is 5.58. The van der Waals surface area contributed by atoms with Gasteiger partial charge in [-0.3, -0.25) is 5.32 Å². The second kappa shape index (κ2) is 5.53. The summed E-state index contributed by atoms with van der Waals surface area (Å²) >= 11 is 0. The molecule has 3 heteroatoms. The Morgan fingerprint density at radius 2 is 1.78 bits per heavy atom. The Labute approximate surface area is 109 Å². The van der Waals surface area contributed by atoms with Crippen molar-refractivity contribution < 1.29 is 9.90 Å². The normalized spacial score (nSPS) is 14.6. The van der Waals surface area contributed by atoms with E-state index in [2.05, 4.69) is 19.2 Å². The predicted octanol–water partition coefficient (Wildman–Crippen LogP) is 2.85. The molecule has 0 aliphatic heterocycles. The smallest absolute Gasteiger partial charge is 0.328 e. The van der Waals surface area contributed by atoms with Gasteiger partial charge in [0.1, 0.15) is 5.54 Å². The fraction of sp³-hybridized carbons (Fsp3) is 0.533. The van der Waals surface area contributed by atoms with E-state index in [0.717, 1.165) is 16.7 Å². The molecule has 1 unspecified atom stereocenters. The molecule has 0 spiro atoms. The SMILES string of the molecule is Cc1cc(C)cc(C(C)(NCC(C)C)C(=O)O)c1. The van der Waals surface area contributed by atoms with Crippen molar-refractivity contribution in [3.63, 3.8) is 0 Å². The molecule has 0 fully saturated rings. The molecular formula is C15H23NO2. The Bertz CT molecular complexity index is 420. The van der Waals surface area contributed by atoms with Crippen LogP contribution in [-0.2, 0) is 10.3 Å². The predicted molar refractivity (Wildman–Crippen MR) is 73.7 cm³/mol. The molecule has 0 saturated heterocycles. The first-order valence-corrected chi connectivity index (χ1v) is 6.33. The van der Waals surface area contributed by atoms with Gasteiger partial charge in [0, 0.05) is 0 Å². The standard InChI is InChI=1S/C15H23NO2/c1-10(2)9-16-15(5,14(17)18)13-7-11(3)6-12(4)8-13/h6-8,10,16H,9H2,1-5H3,(H,17,18). The summed E-state index contributed by atoms with van der Waals surface area (Å²) in [6.45, 7) is 10.5. The van der Waals surface area contributed by atoms with Crippen molar-refractivity contribution in [2.75, 3.05) is 6.54 Å². The van der Waals surface area contributed by atoms with Crippen molar-refractivity contribution in [3.05, 3.63) is 34.9 Å². The van der Waals surface area contributed by atoms with Gasteiger partial charge >= 0.3 is 5.97 Å². The van der Waals surface area contributed by atoms with Crippen LogP contribution in [0, 0.1) is 19.8 Å². The molecule has 0 radical (unpaired) electrons. The van der Waals surface area contributed by atoms with Crippen LogP contribution in [0.25, 0.3) is 0 Å². The number of carbonyl (C=O) groups is 1. The number of aliphatic carboxylic acids is 1. The molecule has 1 aromatic rings. The number of carboxylic acids is 1. The highest BCUT2D eigenvalue weighted by Crippen LogP contribution is 2.24. The lowest BCUT2D eigenvalue weighted by atomic mass is 9.89. The van der Waals surface area contributed by atoms with Gasteiger partial charge in [-0.25, -0.2) is 4.79 Å². The molecule has 3 nitrogen and oxygen atoms in total. The van der Waals surface area contributed by atoms with Crippen LogP contribution >= 0.6 is 0 Å². The van der Waals surface area contributed by atoms with Gasteiger partial charge in [-0.2, -0.15) is 0 Å². The lowest BCUT2D eigenvalue weighted by Gasteiger charge is -2.28. The number of aryl methyl sites for hydroxylation is 2. The third-order valence-electron chi connectivity index (χ3n) is 3.09. The maximum absolute atomic E-state index is 11.6. The molecule has 18 heavy (non-hydrogen) atoms. The molecule has 0 amide bonds. The zero-order valence-electron chi connectivity index (χ0n) is 11.9. The van der Waals surface area contributed by atoms with E-state index >= 15 is 0 Å². The van der Waals surface area contributed by atoms with Crippen LogP contribution in [0.3, 0.4) is 0 Å². The molecule has 2 N–H and O–H groups in total. The molecular weight excluding hydrogens is 226 g/mol. The Kier molecular flexibility index (Phi) is 4.52. The van der Waals surface area contributed by atoms with Crippen LogP contribution in [0.5, 0.6) is 0 Å². The summed E-state index contributed by atoms with van der Waals surface area (Å²) in [7, 11) is 0. The van der Waals surface area contributed by atoms with Crippen molar-refractivity contribution in [1.29, 1.82) is 0 Å². The molecule has 0 aromatic heterocycles. The molecule has 0 aliphatic carbocycles. The van der Waals surface area contributed by atoms with E-state index < -0.39 is 11.5 Å². The van der Waals surface area contributed by atoms with Crippen molar-refractivity contribution in [3.8, 4) is 0 Å². The van der Waals surface area contributed by atoms with Crippen molar-refractivity contribution in [2.45, 2.75) is 40.2 Å². The molecule has 1 aromatic carbocycles. The zero-order valence-corrected chi connectivity index (χ0v) is 11.9. The topological polar surface area (TPSA) is 49.3 Å². The summed E-state index contributed by atoms with van der Waals surface area (Å²) in [5, 5.41) is 12.7. The van der Waals surface area contributed by atoms with Crippen LogP contribution in [0.1, 0.15) is 37.5 Å². The Balaban J connectivity index is 3.14. The molecule has 1 atom stereocenters. The van der Waals surface area contributed by atoms with Gasteiger partial charge < -0.3 is 5.11 Å². The Morgan fingerprint density at radius 3 is 2.17 bits per heavy atom. The summed E-state index contributed by atoms with van der Waals surface area (Å²) in [6, 6.07) is 5.93. The largest absolute Gasteiger partial charge is 0.480 e. The minimum absolute atomic E-state index is 0.412. The second-order valence-corrected chi connectivity index (χ2v) is 5.58. The molecule has 100 valence electrons. The van der Waals surface area contributed by atoms with Crippen LogP contribution in [0.15, 0.2) is 18.2 Å². The van der Waals surface area contributed by atoms with Crippen LogP contribution in [0.4, 0.5) is 0 Å². The first-order valence-electron chi connectivity index (χ1n) is 6.33. The van der Waals surface area contributed by atoms with Crippen molar-refractivity contribution >= 4 is 5.97 Å². The number of nitrogens with one attached hydrogen (secondary N) is 1. The van der Waals surface area contributed by atoms with Gasteiger partial charge in [-0.1, -0.05) is 43.2 Å². The van der Waals surface area contributed by atoms with E-state index in [-0.39, 0.29) is 0 Å². The monoisotopic (exact) mass is 249 g/mol. The third kappa shape index (κ3) is 3.33. The minimum atomic E-state index is -1.03. The zero-order chi connectivity index (χ0) is 13.9. The van der Waals surface area contributed by atoms with Gasteiger partial charge in [0.05, 0.1) is 0 Å². The first-order chi connectivity index (χ1) is 8.25. The maximum Gasteiger partial charge on any atom is 0.328 e. The first kappa shape index (κ1) is 14.7. The number of rotatable bonds is 5. The summed E-state index contributed by atoms with van der Waals surface area (Å²) < 4.78 is 0. The van der Waals surface area contributed by atoms with Crippen LogP contribution in [0.2, 0.25) is 0 Å². The van der Waals surface area contributed by atoms with Gasteiger partial charge in [0.25, 0.3) is 0 Å². The Hall–Kier alpha value is -1.35. The van der Waals surface area contributed by atoms with Crippen LogP contribution < -0.4 is 5.32 Å². The molecule has 0 aliphatic rings. The summed E-state index contributed by atoms with van der Waals surface area (Å²) in [6.07, 6.45) is 0. The molecule has 0 saturated carbocycles. The van der Waals surface area contributed by atoms with Gasteiger partial charge in [-0.15, -0.1) is 0 Å². The summed E-state index contributed by atoms with van der Waals surface area (Å²) in [5.74, 6) is -0.428. The number of carboxylic acid groups (broad SMARTS) is 1. The summed E-state index contributed by atoms with van der Waals surface area (Å²) in [4.78, 5) is 11.6. The molecule has 1 rings (SSSR count).